The number of rotatable bonds is 6. The second-order valence-electron chi connectivity index (χ2n) is 5.98. The number of hydrogen-bond donors (Lipinski definition) is 0. The van der Waals surface area contributed by atoms with E-state index in [-0.39, 0.29) is 0 Å². The highest BCUT2D eigenvalue weighted by atomic mass is 32.1. The molecule has 0 unspecified atom stereocenters. The molecule has 5 nitrogen and oxygen atoms in total. The second-order valence-corrected chi connectivity index (χ2v) is 6.90. The topological polar surface area (TPSA) is 43.8 Å². The first-order valence-electron chi connectivity index (χ1n) is 8.15. The smallest absolute Gasteiger partial charge is 0.203 e. The van der Waals surface area contributed by atoms with E-state index in [1.54, 1.807) is 32.7 Å². The van der Waals surface area contributed by atoms with Crippen LogP contribution in [0.15, 0.2) is 23.7 Å². The molecule has 1 aromatic carbocycles. The van der Waals surface area contributed by atoms with E-state index < -0.39 is 0 Å². The van der Waals surface area contributed by atoms with E-state index in [0.29, 0.717) is 23.2 Å². The first-order valence-corrected chi connectivity index (χ1v) is 9.03. The Bertz CT molecular complexity index is 635. The van der Waals surface area contributed by atoms with Crippen molar-refractivity contribution in [2.24, 2.45) is 0 Å². The SMILES string of the molecule is COc1cc(CN2CCC[C@H](c3nccs3)C2)cc(OC)c1OC. The van der Waals surface area contributed by atoms with Gasteiger partial charge >= 0.3 is 0 Å². The van der Waals surface area contributed by atoms with Gasteiger partial charge < -0.3 is 14.2 Å². The third-order valence-corrected chi connectivity index (χ3v) is 5.37. The van der Waals surface area contributed by atoms with Gasteiger partial charge in [0, 0.05) is 30.6 Å². The molecule has 0 amide bonds. The zero-order valence-electron chi connectivity index (χ0n) is 14.4. The molecular weight excluding hydrogens is 324 g/mol. The predicted octanol–water partition coefficient (Wildman–Crippen LogP) is 3.55. The largest absolute Gasteiger partial charge is 0.493 e. The molecule has 1 saturated heterocycles. The minimum Gasteiger partial charge on any atom is -0.493 e. The van der Waals surface area contributed by atoms with Crippen LogP contribution < -0.4 is 14.2 Å². The van der Waals surface area contributed by atoms with Crippen molar-refractivity contribution >= 4 is 11.3 Å². The molecule has 0 radical (unpaired) electrons. The summed E-state index contributed by atoms with van der Waals surface area (Å²) in [6.07, 6.45) is 4.33. The van der Waals surface area contributed by atoms with Gasteiger partial charge in [-0.15, -0.1) is 11.3 Å². The van der Waals surface area contributed by atoms with Crippen molar-refractivity contribution in [2.45, 2.75) is 25.3 Å². The van der Waals surface area contributed by atoms with Crippen LogP contribution in [0, 0.1) is 0 Å². The summed E-state index contributed by atoms with van der Waals surface area (Å²) in [4.78, 5) is 6.98. The molecule has 1 aliphatic rings. The molecule has 0 bridgehead atoms. The number of aromatic nitrogens is 1. The van der Waals surface area contributed by atoms with Gasteiger partial charge in [0.1, 0.15) is 0 Å². The highest BCUT2D eigenvalue weighted by Gasteiger charge is 2.24. The molecule has 0 N–H and O–H groups in total. The maximum absolute atomic E-state index is 5.46. The van der Waals surface area contributed by atoms with Gasteiger partial charge in [0.05, 0.1) is 26.3 Å². The standard InChI is InChI=1S/C18H24N2O3S/c1-21-15-9-13(10-16(22-2)17(15)23-3)11-20-7-4-5-14(12-20)18-19-6-8-24-18/h6,8-10,14H,4-5,7,11-12H2,1-3H3/t14-/m0/s1. The van der Waals surface area contributed by atoms with E-state index in [0.717, 1.165) is 19.6 Å². The van der Waals surface area contributed by atoms with Gasteiger partial charge in [0.15, 0.2) is 11.5 Å². The summed E-state index contributed by atoms with van der Waals surface area (Å²) in [7, 11) is 4.93. The van der Waals surface area contributed by atoms with Gasteiger partial charge in [-0.2, -0.15) is 0 Å². The molecule has 1 aliphatic heterocycles. The molecule has 6 heteroatoms. The fourth-order valence-electron chi connectivity index (χ4n) is 3.32. The maximum atomic E-state index is 5.46. The minimum atomic E-state index is 0.542. The van der Waals surface area contributed by atoms with E-state index in [9.17, 15) is 0 Å². The van der Waals surface area contributed by atoms with E-state index in [4.69, 9.17) is 14.2 Å². The van der Waals surface area contributed by atoms with Crippen LogP contribution in [0.4, 0.5) is 0 Å². The van der Waals surface area contributed by atoms with Gasteiger partial charge in [-0.1, -0.05) is 0 Å². The third-order valence-electron chi connectivity index (χ3n) is 4.44. The molecule has 1 fully saturated rings. The molecular formula is C18H24N2O3S. The summed E-state index contributed by atoms with van der Waals surface area (Å²) in [5.41, 5.74) is 1.17. The number of thiazole rings is 1. The molecule has 2 aromatic rings. The van der Waals surface area contributed by atoms with Crippen LogP contribution in [-0.2, 0) is 6.54 Å². The lowest BCUT2D eigenvalue weighted by molar-refractivity contribution is 0.199. The van der Waals surface area contributed by atoms with Crippen molar-refractivity contribution in [2.75, 3.05) is 34.4 Å². The first-order chi connectivity index (χ1) is 11.7. The summed E-state index contributed by atoms with van der Waals surface area (Å²) < 4.78 is 16.3. The van der Waals surface area contributed by atoms with E-state index in [1.165, 1.54) is 23.4 Å². The molecule has 0 saturated carbocycles. The van der Waals surface area contributed by atoms with Crippen LogP contribution in [0.5, 0.6) is 17.2 Å². The first kappa shape index (κ1) is 17.0. The monoisotopic (exact) mass is 348 g/mol. The van der Waals surface area contributed by atoms with Gasteiger partial charge in [0.2, 0.25) is 5.75 Å². The van der Waals surface area contributed by atoms with Crippen molar-refractivity contribution in [1.29, 1.82) is 0 Å². The quantitative estimate of drug-likeness (QED) is 0.799. The van der Waals surface area contributed by atoms with Crippen LogP contribution in [0.25, 0.3) is 0 Å². The second kappa shape index (κ2) is 7.85. The number of hydrogen-bond acceptors (Lipinski definition) is 6. The van der Waals surface area contributed by atoms with Crippen LogP contribution in [-0.4, -0.2) is 44.3 Å². The predicted molar refractivity (Wildman–Crippen MR) is 95.5 cm³/mol. The number of methoxy groups -OCH3 is 3. The van der Waals surface area contributed by atoms with E-state index in [2.05, 4.69) is 15.3 Å². The Morgan fingerprint density at radius 2 is 1.92 bits per heavy atom. The summed E-state index contributed by atoms with van der Waals surface area (Å²) in [5.74, 6) is 2.60. The highest BCUT2D eigenvalue weighted by molar-refractivity contribution is 7.09. The molecule has 1 aromatic heterocycles. The van der Waals surface area contributed by atoms with Gasteiger partial charge in [-0.05, 0) is 37.1 Å². The number of piperidine rings is 1. The van der Waals surface area contributed by atoms with Crippen LogP contribution in [0.3, 0.4) is 0 Å². The van der Waals surface area contributed by atoms with E-state index >= 15 is 0 Å². The molecule has 3 rings (SSSR count). The van der Waals surface area contributed by atoms with Crippen LogP contribution in [0.1, 0.15) is 29.3 Å². The number of ether oxygens (including phenoxy) is 3. The highest BCUT2D eigenvalue weighted by Crippen LogP contribution is 2.39. The fraction of sp³-hybridized carbons (Fsp3) is 0.500. The maximum Gasteiger partial charge on any atom is 0.203 e. The average Bonchev–Trinajstić information content (AvgIpc) is 3.15. The van der Waals surface area contributed by atoms with Crippen molar-refractivity contribution in [3.63, 3.8) is 0 Å². The Labute approximate surface area is 147 Å². The van der Waals surface area contributed by atoms with Crippen molar-refractivity contribution in [3.8, 4) is 17.2 Å². The average molecular weight is 348 g/mol. The third kappa shape index (κ3) is 3.65. The molecule has 130 valence electrons. The fourth-order valence-corrected chi connectivity index (χ4v) is 4.09. The van der Waals surface area contributed by atoms with Gasteiger partial charge in [-0.25, -0.2) is 4.98 Å². The van der Waals surface area contributed by atoms with E-state index in [1.807, 2.05) is 18.3 Å². The summed E-state index contributed by atoms with van der Waals surface area (Å²) in [6.45, 7) is 3.03. The lowest BCUT2D eigenvalue weighted by Gasteiger charge is -2.32. The zero-order chi connectivity index (χ0) is 16.9. The number of benzene rings is 1. The number of likely N-dealkylation sites (tertiary alicyclic amines) is 1. The Morgan fingerprint density at radius 1 is 1.17 bits per heavy atom. The lowest BCUT2D eigenvalue weighted by Crippen LogP contribution is -2.33. The van der Waals surface area contributed by atoms with Crippen LogP contribution in [0.2, 0.25) is 0 Å². The molecule has 0 spiro atoms. The van der Waals surface area contributed by atoms with Crippen molar-refractivity contribution in [3.05, 3.63) is 34.3 Å². The molecule has 0 aliphatic carbocycles. The summed E-state index contributed by atoms with van der Waals surface area (Å²) >= 11 is 1.76. The zero-order valence-corrected chi connectivity index (χ0v) is 15.3. The Kier molecular flexibility index (Phi) is 5.58. The molecule has 1 atom stereocenters. The molecule has 24 heavy (non-hydrogen) atoms. The summed E-state index contributed by atoms with van der Waals surface area (Å²) in [5, 5.41) is 3.32. The Balaban J connectivity index is 1.75. The summed E-state index contributed by atoms with van der Waals surface area (Å²) in [6, 6.07) is 4.07. The van der Waals surface area contributed by atoms with Gasteiger partial charge in [-0.3, -0.25) is 4.90 Å². The van der Waals surface area contributed by atoms with Crippen molar-refractivity contribution in [1.82, 2.24) is 9.88 Å². The lowest BCUT2D eigenvalue weighted by atomic mass is 9.98. The van der Waals surface area contributed by atoms with Crippen LogP contribution >= 0.6 is 11.3 Å². The Morgan fingerprint density at radius 3 is 2.50 bits per heavy atom. The van der Waals surface area contributed by atoms with Crippen molar-refractivity contribution < 1.29 is 14.2 Å². The molecule has 2 heterocycles. The number of nitrogens with zero attached hydrogens (tertiary/aromatic N) is 2. The Hall–Kier alpha value is -1.79. The minimum absolute atomic E-state index is 0.542. The normalized spacial score (nSPS) is 18.4. The van der Waals surface area contributed by atoms with Gasteiger partial charge in [0.25, 0.3) is 0 Å².